The Bertz CT molecular complexity index is 1360. The zero-order chi connectivity index (χ0) is 24.8. The third-order valence-corrected chi connectivity index (χ3v) is 7.02. The molecule has 1 N–H and O–H groups in total. The molecule has 0 unspecified atom stereocenters. The topological polar surface area (TPSA) is 81.9 Å². The number of amides is 1. The first kappa shape index (κ1) is 25.2. The summed E-state index contributed by atoms with van der Waals surface area (Å²) in [6, 6.07) is 13.0. The van der Waals surface area contributed by atoms with Gasteiger partial charge in [0.15, 0.2) is 16.1 Å². The first-order valence-corrected chi connectivity index (χ1v) is 13.1. The Hall–Kier alpha value is -2.85. The van der Waals surface area contributed by atoms with E-state index in [1.165, 1.54) is 23.1 Å². The average Bonchev–Trinajstić information content (AvgIpc) is 3.43. The van der Waals surface area contributed by atoms with Crippen molar-refractivity contribution in [3.8, 4) is 17.0 Å². The van der Waals surface area contributed by atoms with Crippen LogP contribution in [0.25, 0.3) is 11.3 Å². The Morgan fingerprint density at radius 2 is 2.11 bits per heavy atom. The molecule has 0 fully saturated rings. The number of nitrogens with zero attached hydrogens (tertiary/aromatic N) is 4. The molecule has 2 heterocycles. The van der Waals surface area contributed by atoms with Crippen LogP contribution in [0.3, 0.4) is 0 Å². The maximum absolute atomic E-state index is 12.6. The van der Waals surface area contributed by atoms with Gasteiger partial charge in [-0.1, -0.05) is 53.2 Å². The summed E-state index contributed by atoms with van der Waals surface area (Å²) in [6.07, 6.45) is 1.75. The lowest BCUT2D eigenvalue weighted by Crippen LogP contribution is -2.15. The van der Waals surface area contributed by atoms with Gasteiger partial charge in [-0.3, -0.25) is 9.36 Å². The monoisotopic (exact) mass is 545 g/mol. The van der Waals surface area contributed by atoms with Crippen molar-refractivity contribution in [1.82, 2.24) is 19.7 Å². The SMILES string of the molecule is C=CCn1c(COc2cccc(C)c2)nnc1SCC(=O)Nc1nc(-c2ccc(Cl)cc2Cl)cs1. The van der Waals surface area contributed by atoms with Gasteiger partial charge in [-0.15, -0.1) is 28.1 Å². The third-order valence-electron chi connectivity index (χ3n) is 4.75. The van der Waals surface area contributed by atoms with Crippen LogP contribution < -0.4 is 10.1 Å². The van der Waals surface area contributed by atoms with Crippen LogP contribution in [-0.2, 0) is 17.9 Å². The number of aromatic nitrogens is 4. The van der Waals surface area contributed by atoms with Gasteiger partial charge in [0.2, 0.25) is 5.91 Å². The predicted molar refractivity (Wildman–Crippen MR) is 143 cm³/mol. The van der Waals surface area contributed by atoms with Crippen LogP contribution in [0.15, 0.2) is 65.7 Å². The van der Waals surface area contributed by atoms with Crippen LogP contribution in [0, 0.1) is 6.92 Å². The summed E-state index contributed by atoms with van der Waals surface area (Å²) in [5.74, 6) is 1.35. The molecule has 2 aromatic carbocycles. The first-order valence-electron chi connectivity index (χ1n) is 10.5. The lowest BCUT2D eigenvalue weighted by molar-refractivity contribution is -0.113. The molecule has 0 aliphatic rings. The number of hydrogen-bond acceptors (Lipinski definition) is 7. The van der Waals surface area contributed by atoms with Crippen molar-refractivity contribution in [3.63, 3.8) is 0 Å². The highest BCUT2D eigenvalue weighted by atomic mass is 35.5. The van der Waals surface area contributed by atoms with E-state index in [2.05, 4.69) is 27.1 Å². The number of thiazole rings is 1. The van der Waals surface area contributed by atoms with Crippen LogP contribution in [0.5, 0.6) is 5.75 Å². The Kier molecular flexibility index (Phi) is 8.46. The Labute approximate surface area is 221 Å². The number of carbonyl (C=O) groups excluding carboxylic acids is 1. The highest BCUT2D eigenvalue weighted by Gasteiger charge is 2.16. The number of anilines is 1. The van der Waals surface area contributed by atoms with E-state index < -0.39 is 0 Å². The van der Waals surface area contributed by atoms with Gasteiger partial charge < -0.3 is 10.1 Å². The van der Waals surface area contributed by atoms with E-state index in [-0.39, 0.29) is 18.3 Å². The van der Waals surface area contributed by atoms with Gasteiger partial charge in [0.05, 0.1) is 16.5 Å². The number of benzene rings is 2. The molecule has 2 aromatic heterocycles. The molecule has 0 saturated heterocycles. The van der Waals surface area contributed by atoms with E-state index in [4.69, 9.17) is 27.9 Å². The van der Waals surface area contributed by atoms with Crippen molar-refractivity contribution in [2.75, 3.05) is 11.1 Å². The molecule has 1 amide bonds. The molecule has 7 nitrogen and oxygen atoms in total. The number of rotatable bonds is 10. The van der Waals surface area contributed by atoms with E-state index >= 15 is 0 Å². The molecule has 0 spiro atoms. The number of carbonyl (C=O) groups is 1. The minimum Gasteiger partial charge on any atom is -0.486 e. The third kappa shape index (κ3) is 6.64. The molecule has 4 aromatic rings. The van der Waals surface area contributed by atoms with E-state index in [0.717, 1.165) is 16.9 Å². The van der Waals surface area contributed by atoms with Gasteiger partial charge in [0.1, 0.15) is 12.4 Å². The lowest BCUT2D eigenvalue weighted by atomic mass is 10.2. The molecule has 180 valence electrons. The number of allylic oxidation sites excluding steroid dienone is 1. The van der Waals surface area contributed by atoms with Crippen LogP contribution in [0.4, 0.5) is 5.13 Å². The molecule has 11 heteroatoms. The summed E-state index contributed by atoms with van der Waals surface area (Å²) < 4.78 is 7.74. The molecular weight excluding hydrogens is 525 g/mol. The number of nitrogens with one attached hydrogen (secondary N) is 1. The van der Waals surface area contributed by atoms with Crippen molar-refractivity contribution in [1.29, 1.82) is 0 Å². The van der Waals surface area contributed by atoms with Gasteiger partial charge in [-0.2, -0.15) is 0 Å². The maximum atomic E-state index is 12.6. The van der Waals surface area contributed by atoms with Crippen LogP contribution in [0.2, 0.25) is 10.0 Å². The fraction of sp³-hybridized carbons (Fsp3) is 0.167. The molecule has 0 aliphatic heterocycles. The summed E-state index contributed by atoms with van der Waals surface area (Å²) in [5.41, 5.74) is 2.53. The lowest BCUT2D eigenvalue weighted by Gasteiger charge is -2.09. The van der Waals surface area contributed by atoms with Crippen molar-refractivity contribution in [3.05, 3.63) is 81.9 Å². The smallest absolute Gasteiger partial charge is 0.236 e. The Morgan fingerprint density at radius 1 is 1.26 bits per heavy atom. The van der Waals surface area contributed by atoms with Crippen molar-refractivity contribution >= 4 is 57.3 Å². The second kappa shape index (κ2) is 11.7. The van der Waals surface area contributed by atoms with Gasteiger partial charge in [-0.05, 0) is 42.8 Å². The largest absolute Gasteiger partial charge is 0.486 e. The highest BCUT2D eigenvalue weighted by Crippen LogP contribution is 2.32. The molecule has 0 saturated carbocycles. The molecular formula is C24H21Cl2N5O2S2. The fourth-order valence-electron chi connectivity index (χ4n) is 3.14. The molecule has 0 radical (unpaired) electrons. The zero-order valence-corrected chi connectivity index (χ0v) is 21.8. The fourth-order valence-corrected chi connectivity index (χ4v) is 5.13. The summed E-state index contributed by atoms with van der Waals surface area (Å²) in [6.45, 7) is 6.57. The Morgan fingerprint density at radius 3 is 2.89 bits per heavy atom. The van der Waals surface area contributed by atoms with E-state index in [1.807, 2.05) is 41.1 Å². The van der Waals surface area contributed by atoms with Gasteiger partial charge in [-0.25, -0.2) is 4.98 Å². The van der Waals surface area contributed by atoms with Gasteiger partial charge in [0.25, 0.3) is 0 Å². The summed E-state index contributed by atoms with van der Waals surface area (Å²) >= 11 is 14.8. The van der Waals surface area contributed by atoms with Crippen molar-refractivity contribution < 1.29 is 9.53 Å². The normalized spacial score (nSPS) is 10.8. The zero-order valence-electron chi connectivity index (χ0n) is 18.7. The first-order chi connectivity index (χ1) is 16.9. The van der Waals surface area contributed by atoms with Crippen LogP contribution in [-0.4, -0.2) is 31.4 Å². The highest BCUT2D eigenvalue weighted by molar-refractivity contribution is 7.99. The quantitative estimate of drug-likeness (QED) is 0.180. The number of halogens is 2. The predicted octanol–water partition coefficient (Wildman–Crippen LogP) is 6.51. The van der Waals surface area contributed by atoms with Gasteiger partial charge in [0, 0.05) is 22.5 Å². The van der Waals surface area contributed by atoms with E-state index in [0.29, 0.717) is 38.4 Å². The number of aryl methyl sites for hydroxylation is 1. The van der Waals surface area contributed by atoms with E-state index in [9.17, 15) is 4.79 Å². The summed E-state index contributed by atoms with van der Waals surface area (Å²) in [5, 5.41) is 15.3. The minimum atomic E-state index is -0.205. The van der Waals surface area contributed by atoms with Crippen molar-refractivity contribution in [2.45, 2.75) is 25.2 Å². The minimum absolute atomic E-state index is 0.143. The molecule has 4 rings (SSSR count). The number of ether oxygens (including phenoxy) is 1. The van der Waals surface area contributed by atoms with Crippen LogP contribution in [0.1, 0.15) is 11.4 Å². The molecule has 35 heavy (non-hydrogen) atoms. The number of hydrogen-bond donors (Lipinski definition) is 1. The second-order valence-corrected chi connectivity index (χ2v) is 10.0. The molecule has 0 bridgehead atoms. The average molecular weight is 547 g/mol. The Balaban J connectivity index is 1.36. The standard InChI is InChI=1S/C24H21Cl2N5O2S2/c1-3-9-31-21(12-33-17-6-4-5-15(2)10-17)29-30-24(31)35-14-22(32)28-23-27-20(13-34-23)18-8-7-16(25)11-19(18)26/h3-8,10-11,13H,1,9,12,14H2,2H3,(H,27,28,32). The summed E-state index contributed by atoms with van der Waals surface area (Å²) in [7, 11) is 0. The molecule has 0 atom stereocenters. The second-order valence-electron chi connectivity index (χ2n) is 7.40. The van der Waals surface area contributed by atoms with Crippen LogP contribution >= 0.6 is 46.3 Å². The summed E-state index contributed by atoms with van der Waals surface area (Å²) in [4.78, 5) is 17.0. The van der Waals surface area contributed by atoms with Crippen molar-refractivity contribution in [2.24, 2.45) is 0 Å². The number of thioether (sulfide) groups is 1. The van der Waals surface area contributed by atoms with Gasteiger partial charge >= 0.3 is 0 Å². The maximum Gasteiger partial charge on any atom is 0.236 e. The molecule has 0 aliphatic carbocycles. The van der Waals surface area contributed by atoms with E-state index in [1.54, 1.807) is 24.3 Å².